The zero-order valence-corrected chi connectivity index (χ0v) is 27.5. The van der Waals surface area contributed by atoms with Crippen LogP contribution in [0.15, 0.2) is 117 Å². The van der Waals surface area contributed by atoms with E-state index in [9.17, 15) is 21.9 Å². The quantitative estimate of drug-likeness (QED) is 0.106. The van der Waals surface area contributed by atoms with Gasteiger partial charge in [0.1, 0.15) is 36.2 Å². The van der Waals surface area contributed by atoms with E-state index in [-0.39, 0.29) is 45.2 Å². The van der Waals surface area contributed by atoms with E-state index in [1.807, 2.05) is 0 Å². The second-order valence-corrected chi connectivity index (χ2v) is 14.4. The molecule has 0 saturated carbocycles. The summed E-state index contributed by atoms with van der Waals surface area (Å²) < 4.78 is 74.1. The van der Waals surface area contributed by atoms with Crippen LogP contribution in [-0.2, 0) is 24.4 Å². The molecule has 0 spiro atoms. The first-order valence-corrected chi connectivity index (χ1v) is 18.2. The zero-order valence-electron chi connectivity index (χ0n) is 25.8. The van der Waals surface area contributed by atoms with E-state index in [1.54, 1.807) is 48.5 Å². The fourth-order valence-corrected chi connectivity index (χ4v) is 7.00. The van der Waals surface area contributed by atoms with Gasteiger partial charge >= 0.3 is 0 Å². The van der Waals surface area contributed by atoms with E-state index in [4.69, 9.17) is 18.9 Å². The lowest BCUT2D eigenvalue weighted by Crippen LogP contribution is -2.12. The van der Waals surface area contributed by atoms with Gasteiger partial charge in [-0.05, 0) is 103 Å². The van der Waals surface area contributed by atoms with Gasteiger partial charge in [-0.3, -0.25) is 0 Å². The van der Waals surface area contributed by atoms with Gasteiger partial charge in [0.25, 0.3) is 0 Å². The Labute approximate surface area is 271 Å². The van der Waals surface area contributed by atoms with E-state index in [0.717, 1.165) is 12.8 Å². The third-order valence-electron chi connectivity index (χ3n) is 7.06. The van der Waals surface area contributed by atoms with Crippen molar-refractivity contribution in [1.29, 1.82) is 0 Å². The van der Waals surface area contributed by atoms with Crippen molar-refractivity contribution in [1.82, 2.24) is 0 Å². The minimum absolute atomic E-state index is 0.00846. The Morgan fingerprint density at radius 2 is 0.804 bits per heavy atom. The third-order valence-corrected chi connectivity index (χ3v) is 10.6. The number of aromatic hydroxyl groups is 1. The SMILES string of the molecule is CCCCCCCOc1ccc(S(=O)(=O)c2ccc(OCCOCCOc3ccc(S(=O)(=O)c4ccc(O)cc4)cc3)cc2)cc1. The van der Waals surface area contributed by atoms with Gasteiger partial charge in [0, 0.05) is 0 Å². The topological polar surface area (TPSA) is 125 Å². The first-order valence-electron chi connectivity index (χ1n) is 15.3. The number of sulfone groups is 2. The van der Waals surface area contributed by atoms with Crippen LogP contribution in [-0.4, -0.2) is 55.0 Å². The fourth-order valence-electron chi connectivity index (χ4n) is 4.48. The van der Waals surface area contributed by atoms with E-state index in [2.05, 4.69) is 6.92 Å². The molecule has 0 aliphatic carbocycles. The Balaban J connectivity index is 1.14. The molecule has 4 rings (SSSR count). The summed E-state index contributed by atoms with van der Waals surface area (Å²) in [5.41, 5.74) is 0. The van der Waals surface area contributed by atoms with Gasteiger partial charge in [0.2, 0.25) is 19.7 Å². The number of hydrogen-bond acceptors (Lipinski definition) is 9. The highest BCUT2D eigenvalue weighted by Crippen LogP contribution is 2.26. The fraction of sp³-hybridized carbons (Fsp3) is 0.314. The molecule has 11 heteroatoms. The van der Waals surface area contributed by atoms with Crippen LogP contribution in [0.4, 0.5) is 0 Å². The van der Waals surface area contributed by atoms with Crippen LogP contribution in [0.25, 0.3) is 0 Å². The monoisotopic (exact) mass is 668 g/mol. The van der Waals surface area contributed by atoms with Crippen molar-refractivity contribution in [3.8, 4) is 23.0 Å². The number of unbranched alkanes of at least 4 members (excludes halogenated alkanes) is 4. The number of ether oxygens (including phenoxy) is 4. The van der Waals surface area contributed by atoms with Crippen molar-refractivity contribution >= 4 is 19.7 Å². The molecule has 1 N–H and O–H groups in total. The van der Waals surface area contributed by atoms with Crippen molar-refractivity contribution in [2.24, 2.45) is 0 Å². The highest BCUT2D eigenvalue weighted by atomic mass is 32.2. The van der Waals surface area contributed by atoms with E-state index in [1.165, 1.54) is 67.8 Å². The standard InChI is InChI=1S/C35H40O9S2/c1-2-3-4-5-6-23-42-29-9-17-34(18-10-29)46(39,40)35-21-13-31(14-22-35)44-27-25-41-24-26-43-30-11-19-33(20-12-30)45(37,38)32-15-7-28(36)8-16-32/h7-22,36H,2-6,23-27H2,1H3. The molecule has 0 bridgehead atoms. The van der Waals surface area contributed by atoms with Crippen LogP contribution in [0.2, 0.25) is 0 Å². The van der Waals surface area contributed by atoms with Crippen molar-refractivity contribution in [2.45, 2.75) is 58.6 Å². The Hall–Kier alpha value is -4.06. The van der Waals surface area contributed by atoms with Crippen molar-refractivity contribution < 1.29 is 40.9 Å². The lowest BCUT2D eigenvalue weighted by atomic mass is 10.2. The van der Waals surface area contributed by atoms with Crippen molar-refractivity contribution in [2.75, 3.05) is 33.0 Å². The second-order valence-electron chi connectivity index (χ2n) is 10.5. The normalized spacial score (nSPS) is 11.7. The van der Waals surface area contributed by atoms with Crippen molar-refractivity contribution in [3.05, 3.63) is 97.1 Å². The van der Waals surface area contributed by atoms with Crippen LogP contribution < -0.4 is 14.2 Å². The first kappa shape index (κ1) is 34.8. The van der Waals surface area contributed by atoms with Crippen LogP contribution in [0.5, 0.6) is 23.0 Å². The number of rotatable bonds is 19. The summed E-state index contributed by atoms with van der Waals surface area (Å²) in [5.74, 6) is 1.66. The van der Waals surface area contributed by atoms with Crippen LogP contribution in [0, 0.1) is 0 Å². The molecule has 246 valence electrons. The van der Waals surface area contributed by atoms with Gasteiger partial charge in [0.05, 0.1) is 39.4 Å². The minimum atomic E-state index is -3.70. The summed E-state index contributed by atoms with van der Waals surface area (Å²) >= 11 is 0. The molecule has 0 unspecified atom stereocenters. The molecule has 0 fully saturated rings. The van der Waals surface area contributed by atoms with Gasteiger partial charge < -0.3 is 24.1 Å². The first-order chi connectivity index (χ1) is 22.2. The van der Waals surface area contributed by atoms with Crippen LogP contribution >= 0.6 is 0 Å². The smallest absolute Gasteiger partial charge is 0.206 e. The maximum atomic E-state index is 13.1. The molecule has 0 aromatic heterocycles. The highest BCUT2D eigenvalue weighted by molar-refractivity contribution is 7.91. The Morgan fingerprint density at radius 3 is 1.20 bits per heavy atom. The summed E-state index contributed by atoms with van der Waals surface area (Å²) in [6.07, 6.45) is 5.73. The van der Waals surface area contributed by atoms with E-state index < -0.39 is 19.7 Å². The Morgan fingerprint density at radius 1 is 0.457 bits per heavy atom. The molecule has 0 aliphatic rings. The van der Waals surface area contributed by atoms with Crippen LogP contribution in [0.1, 0.15) is 39.0 Å². The van der Waals surface area contributed by atoms with E-state index >= 15 is 0 Å². The summed E-state index contributed by atoms with van der Waals surface area (Å²) in [5, 5.41) is 9.39. The van der Waals surface area contributed by atoms with E-state index in [0.29, 0.717) is 30.5 Å². The van der Waals surface area contributed by atoms with Crippen LogP contribution in [0.3, 0.4) is 0 Å². The number of benzene rings is 4. The Bertz CT molecular complexity index is 1700. The van der Waals surface area contributed by atoms with Gasteiger partial charge in [-0.15, -0.1) is 0 Å². The number of phenolic OH excluding ortho intramolecular Hbond substituents is 1. The molecular formula is C35H40O9S2. The molecule has 4 aromatic rings. The molecule has 0 aliphatic heterocycles. The number of phenols is 1. The molecule has 0 heterocycles. The summed E-state index contributed by atoms with van der Waals surface area (Å²) in [4.78, 5) is 0.573. The molecule has 0 saturated heterocycles. The molecule has 0 amide bonds. The largest absolute Gasteiger partial charge is 0.508 e. The molecule has 4 aromatic carbocycles. The summed E-state index contributed by atoms with van der Waals surface area (Å²) in [6.45, 7) is 3.89. The zero-order chi connectivity index (χ0) is 32.8. The summed E-state index contributed by atoms with van der Waals surface area (Å²) in [7, 11) is -7.38. The Kier molecular flexibility index (Phi) is 12.9. The lowest BCUT2D eigenvalue weighted by Gasteiger charge is -2.10. The molecule has 0 radical (unpaired) electrons. The van der Waals surface area contributed by atoms with Gasteiger partial charge in [-0.2, -0.15) is 0 Å². The minimum Gasteiger partial charge on any atom is -0.508 e. The number of hydrogen-bond donors (Lipinski definition) is 1. The second kappa shape index (κ2) is 17.0. The highest BCUT2D eigenvalue weighted by Gasteiger charge is 2.19. The maximum absolute atomic E-state index is 13.1. The lowest BCUT2D eigenvalue weighted by molar-refractivity contribution is 0.0764. The molecule has 46 heavy (non-hydrogen) atoms. The predicted octanol–water partition coefficient (Wildman–Crippen LogP) is 6.88. The third kappa shape index (κ3) is 9.97. The van der Waals surface area contributed by atoms with Gasteiger partial charge in [-0.1, -0.05) is 32.6 Å². The molecule has 9 nitrogen and oxygen atoms in total. The molecular weight excluding hydrogens is 629 g/mol. The van der Waals surface area contributed by atoms with Gasteiger partial charge in [-0.25, -0.2) is 16.8 Å². The average Bonchev–Trinajstić information content (AvgIpc) is 3.07. The maximum Gasteiger partial charge on any atom is 0.206 e. The average molecular weight is 669 g/mol. The predicted molar refractivity (Wildman–Crippen MR) is 174 cm³/mol. The van der Waals surface area contributed by atoms with Crippen molar-refractivity contribution in [3.63, 3.8) is 0 Å². The van der Waals surface area contributed by atoms with Gasteiger partial charge in [0.15, 0.2) is 0 Å². The summed E-state index contributed by atoms with van der Waals surface area (Å²) in [6, 6.07) is 24.2. The molecule has 0 atom stereocenters.